The first-order valence-corrected chi connectivity index (χ1v) is 5.35. The summed E-state index contributed by atoms with van der Waals surface area (Å²) in [6.07, 6.45) is 1.63. The summed E-state index contributed by atoms with van der Waals surface area (Å²) in [5.41, 5.74) is 1.81. The smallest absolute Gasteiger partial charge is 0.158 e. The molecule has 0 amide bonds. The molecule has 2 aromatic rings. The molecule has 0 aromatic carbocycles. The average molecular weight is 241 g/mol. The second-order valence-electron chi connectivity index (χ2n) is 3.55. The fourth-order valence-corrected chi connectivity index (χ4v) is 1.57. The lowest BCUT2D eigenvalue weighted by molar-refractivity contribution is 0.364. The Morgan fingerprint density at radius 2 is 2.38 bits per heavy atom. The molecule has 0 atom stereocenters. The van der Waals surface area contributed by atoms with Crippen LogP contribution in [0.25, 0.3) is 0 Å². The van der Waals surface area contributed by atoms with E-state index < -0.39 is 0 Å². The highest BCUT2D eigenvalue weighted by atomic mass is 35.5. The molecule has 2 rings (SSSR count). The van der Waals surface area contributed by atoms with Gasteiger partial charge >= 0.3 is 0 Å². The largest absolute Gasteiger partial charge is 0.359 e. The van der Waals surface area contributed by atoms with Crippen LogP contribution in [0.3, 0.4) is 0 Å². The van der Waals surface area contributed by atoms with Crippen molar-refractivity contribution >= 4 is 11.6 Å². The maximum Gasteiger partial charge on any atom is 0.158 e. The van der Waals surface area contributed by atoms with Crippen molar-refractivity contribution in [1.29, 1.82) is 0 Å². The molecule has 0 aliphatic carbocycles. The van der Waals surface area contributed by atoms with E-state index in [1.54, 1.807) is 10.9 Å². The minimum absolute atomic E-state index is 0.551. The van der Waals surface area contributed by atoms with Crippen molar-refractivity contribution in [3.05, 3.63) is 34.4 Å². The van der Waals surface area contributed by atoms with Crippen LogP contribution < -0.4 is 5.32 Å². The Morgan fingerprint density at radius 1 is 1.56 bits per heavy atom. The van der Waals surface area contributed by atoms with Crippen molar-refractivity contribution in [2.45, 2.75) is 20.0 Å². The molecule has 5 nitrogen and oxygen atoms in total. The van der Waals surface area contributed by atoms with Gasteiger partial charge in [0.25, 0.3) is 0 Å². The van der Waals surface area contributed by atoms with Crippen LogP contribution in [0.15, 0.2) is 16.8 Å². The van der Waals surface area contributed by atoms with Gasteiger partial charge in [0, 0.05) is 12.6 Å². The summed E-state index contributed by atoms with van der Waals surface area (Å²) in [5.74, 6) is 0.771. The van der Waals surface area contributed by atoms with Crippen LogP contribution in [-0.2, 0) is 13.1 Å². The second-order valence-corrected chi connectivity index (χ2v) is 3.96. The predicted octanol–water partition coefficient (Wildman–Crippen LogP) is 1.60. The molecule has 0 unspecified atom stereocenters. The van der Waals surface area contributed by atoms with Crippen molar-refractivity contribution in [3.63, 3.8) is 0 Å². The van der Waals surface area contributed by atoms with Gasteiger partial charge < -0.3 is 9.84 Å². The zero-order chi connectivity index (χ0) is 11.5. The molecule has 0 saturated heterocycles. The molecule has 2 aromatic heterocycles. The highest BCUT2D eigenvalue weighted by Crippen LogP contribution is 2.15. The first kappa shape index (κ1) is 11.2. The molecule has 16 heavy (non-hydrogen) atoms. The molecule has 2 heterocycles. The van der Waals surface area contributed by atoms with Crippen molar-refractivity contribution in [3.8, 4) is 0 Å². The quantitative estimate of drug-likeness (QED) is 0.882. The van der Waals surface area contributed by atoms with E-state index in [1.165, 1.54) is 0 Å². The third kappa shape index (κ3) is 2.25. The highest BCUT2D eigenvalue weighted by Gasteiger charge is 2.08. The summed E-state index contributed by atoms with van der Waals surface area (Å²) in [6.45, 7) is 3.16. The number of halogens is 1. The Bertz CT molecular complexity index is 477. The topological polar surface area (TPSA) is 55.9 Å². The van der Waals surface area contributed by atoms with Crippen LogP contribution in [0.4, 0.5) is 0 Å². The SMILES string of the molecule is CNCc1cc(Cn2ncc(Cl)c2C)on1. The van der Waals surface area contributed by atoms with Gasteiger partial charge in [-0.15, -0.1) is 0 Å². The van der Waals surface area contributed by atoms with Gasteiger partial charge in [-0.3, -0.25) is 4.68 Å². The van der Waals surface area contributed by atoms with Gasteiger partial charge in [-0.25, -0.2) is 0 Å². The molecular weight excluding hydrogens is 228 g/mol. The van der Waals surface area contributed by atoms with E-state index in [9.17, 15) is 0 Å². The van der Waals surface area contributed by atoms with E-state index in [0.29, 0.717) is 18.1 Å². The Labute approximate surface area is 98.4 Å². The van der Waals surface area contributed by atoms with E-state index in [2.05, 4.69) is 15.6 Å². The molecule has 0 aliphatic rings. The van der Waals surface area contributed by atoms with Gasteiger partial charge in [-0.2, -0.15) is 5.10 Å². The van der Waals surface area contributed by atoms with Crippen molar-refractivity contribution in [2.24, 2.45) is 0 Å². The molecule has 0 spiro atoms. The number of aromatic nitrogens is 3. The predicted molar refractivity (Wildman–Crippen MR) is 60.3 cm³/mol. The molecule has 0 aliphatic heterocycles. The van der Waals surface area contributed by atoms with Gasteiger partial charge in [0.15, 0.2) is 5.76 Å². The molecular formula is C10H13ClN4O. The Hall–Kier alpha value is -1.33. The first-order valence-electron chi connectivity index (χ1n) is 4.97. The number of hydrogen-bond acceptors (Lipinski definition) is 4. The third-order valence-electron chi connectivity index (χ3n) is 2.31. The van der Waals surface area contributed by atoms with Crippen molar-refractivity contribution < 1.29 is 4.52 Å². The lowest BCUT2D eigenvalue weighted by Gasteiger charge is -1.99. The van der Waals surface area contributed by atoms with Gasteiger partial charge in [-0.1, -0.05) is 16.8 Å². The summed E-state index contributed by atoms with van der Waals surface area (Å²) in [6, 6.07) is 1.91. The monoisotopic (exact) mass is 240 g/mol. The average Bonchev–Trinajstić information content (AvgIpc) is 2.82. The van der Waals surface area contributed by atoms with Crippen LogP contribution >= 0.6 is 11.6 Å². The number of nitrogens with one attached hydrogen (secondary N) is 1. The number of rotatable bonds is 4. The molecule has 0 bridgehead atoms. The summed E-state index contributed by atoms with van der Waals surface area (Å²) >= 11 is 5.91. The minimum Gasteiger partial charge on any atom is -0.359 e. The lowest BCUT2D eigenvalue weighted by Crippen LogP contribution is -2.05. The molecule has 0 saturated carbocycles. The fourth-order valence-electron chi connectivity index (χ4n) is 1.43. The third-order valence-corrected chi connectivity index (χ3v) is 2.69. The summed E-state index contributed by atoms with van der Waals surface area (Å²) in [4.78, 5) is 0. The molecule has 0 radical (unpaired) electrons. The Morgan fingerprint density at radius 3 is 3.00 bits per heavy atom. The highest BCUT2D eigenvalue weighted by molar-refractivity contribution is 6.31. The van der Waals surface area contributed by atoms with Crippen LogP contribution in [0.5, 0.6) is 0 Å². The maximum absolute atomic E-state index is 5.91. The molecule has 86 valence electrons. The molecule has 0 fully saturated rings. The second kappa shape index (κ2) is 4.67. The van der Waals surface area contributed by atoms with Crippen LogP contribution in [0.2, 0.25) is 5.02 Å². The standard InChI is InChI=1S/C10H13ClN4O/c1-7-10(11)5-13-15(7)6-9-3-8(4-12-2)14-16-9/h3,5,12H,4,6H2,1-2H3. The lowest BCUT2D eigenvalue weighted by atomic mass is 10.3. The number of hydrogen-bond donors (Lipinski definition) is 1. The normalized spacial score (nSPS) is 10.9. The van der Waals surface area contributed by atoms with Crippen LogP contribution in [0, 0.1) is 6.92 Å². The van der Waals surface area contributed by atoms with Crippen molar-refractivity contribution in [1.82, 2.24) is 20.3 Å². The minimum atomic E-state index is 0.551. The van der Waals surface area contributed by atoms with Gasteiger partial charge in [0.05, 0.1) is 22.6 Å². The van der Waals surface area contributed by atoms with Crippen LogP contribution in [-0.4, -0.2) is 22.0 Å². The maximum atomic E-state index is 5.91. The van der Waals surface area contributed by atoms with Gasteiger partial charge in [0.2, 0.25) is 0 Å². The van der Waals surface area contributed by atoms with Gasteiger partial charge in [-0.05, 0) is 14.0 Å². The molecule has 1 N–H and O–H groups in total. The first-order chi connectivity index (χ1) is 7.70. The zero-order valence-corrected chi connectivity index (χ0v) is 9.95. The van der Waals surface area contributed by atoms with E-state index in [0.717, 1.165) is 17.1 Å². The summed E-state index contributed by atoms with van der Waals surface area (Å²) in [5, 5.41) is 11.7. The van der Waals surface area contributed by atoms with Crippen LogP contribution in [0.1, 0.15) is 17.1 Å². The van der Waals surface area contributed by atoms with E-state index in [-0.39, 0.29) is 0 Å². The Balaban J connectivity index is 2.11. The van der Waals surface area contributed by atoms with Gasteiger partial charge in [0.1, 0.15) is 6.54 Å². The van der Waals surface area contributed by atoms with E-state index >= 15 is 0 Å². The number of nitrogens with zero attached hydrogens (tertiary/aromatic N) is 3. The molecule has 6 heteroatoms. The Kier molecular flexibility index (Phi) is 3.26. The van der Waals surface area contributed by atoms with E-state index in [4.69, 9.17) is 16.1 Å². The van der Waals surface area contributed by atoms with E-state index in [1.807, 2.05) is 20.0 Å². The summed E-state index contributed by atoms with van der Waals surface area (Å²) < 4.78 is 6.98. The zero-order valence-electron chi connectivity index (χ0n) is 9.20. The van der Waals surface area contributed by atoms with Crippen molar-refractivity contribution in [2.75, 3.05) is 7.05 Å². The summed E-state index contributed by atoms with van der Waals surface area (Å²) in [7, 11) is 1.87. The fraction of sp³-hybridized carbons (Fsp3) is 0.400.